The Morgan fingerprint density at radius 2 is 1.88 bits per heavy atom. The standard InChI is InChI=1S/C14H28N2/c1-13(15)14(9-5-3-6-10-14)11-7-4-8-12-16-2/h16H,1,3-12,15H2,2H3. The first-order valence-corrected chi connectivity index (χ1v) is 6.81. The predicted octanol–water partition coefficient (Wildman–Crippen LogP) is 3.19. The molecule has 0 aliphatic heterocycles. The monoisotopic (exact) mass is 224 g/mol. The molecule has 0 aromatic carbocycles. The van der Waals surface area contributed by atoms with Gasteiger partial charge in [-0.3, -0.25) is 0 Å². The van der Waals surface area contributed by atoms with E-state index in [0.717, 1.165) is 12.2 Å². The molecule has 0 spiro atoms. The molecule has 1 aliphatic carbocycles. The third kappa shape index (κ3) is 3.82. The van der Waals surface area contributed by atoms with Gasteiger partial charge in [-0.05, 0) is 39.3 Å². The molecule has 0 unspecified atom stereocenters. The number of hydrogen-bond acceptors (Lipinski definition) is 2. The second kappa shape index (κ2) is 6.95. The molecule has 1 aliphatic rings. The minimum Gasteiger partial charge on any atom is -0.402 e. The Balaban J connectivity index is 2.30. The fourth-order valence-electron chi connectivity index (χ4n) is 2.90. The molecule has 0 radical (unpaired) electrons. The van der Waals surface area contributed by atoms with Gasteiger partial charge in [-0.1, -0.05) is 38.7 Å². The average Bonchev–Trinajstić information content (AvgIpc) is 2.30. The second-order valence-electron chi connectivity index (χ2n) is 5.28. The summed E-state index contributed by atoms with van der Waals surface area (Å²) >= 11 is 0. The Morgan fingerprint density at radius 1 is 1.19 bits per heavy atom. The highest BCUT2D eigenvalue weighted by Crippen LogP contribution is 2.43. The van der Waals surface area contributed by atoms with Gasteiger partial charge >= 0.3 is 0 Å². The Kier molecular flexibility index (Phi) is 5.89. The summed E-state index contributed by atoms with van der Waals surface area (Å²) in [5.74, 6) is 0. The third-order valence-electron chi connectivity index (χ3n) is 4.07. The summed E-state index contributed by atoms with van der Waals surface area (Å²) in [6.45, 7) is 5.17. The van der Waals surface area contributed by atoms with E-state index in [-0.39, 0.29) is 5.41 Å². The number of hydrogen-bond donors (Lipinski definition) is 2. The molecule has 0 saturated heterocycles. The van der Waals surface area contributed by atoms with Crippen LogP contribution in [0.5, 0.6) is 0 Å². The quantitative estimate of drug-likeness (QED) is 0.652. The molecule has 16 heavy (non-hydrogen) atoms. The van der Waals surface area contributed by atoms with Crippen molar-refractivity contribution in [3.63, 3.8) is 0 Å². The van der Waals surface area contributed by atoms with Crippen LogP contribution in [0.3, 0.4) is 0 Å². The van der Waals surface area contributed by atoms with Gasteiger partial charge < -0.3 is 11.1 Å². The molecule has 0 heterocycles. The Morgan fingerprint density at radius 3 is 2.44 bits per heavy atom. The topological polar surface area (TPSA) is 38.0 Å². The summed E-state index contributed by atoms with van der Waals surface area (Å²) in [6.07, 6.45) is 11.8. The molecule has 0 aromatic heterocycles. The average molecular weight is 224 g/mol. The maximum atomic E-state index is 6.04. The predicted molar refractivity (Wildman–Crippen MR) is 71.2 cm³/mol. The zero-order chi connectivity index (χ0) is 11.9. The van der Waals surface area contributed by atoms with Gasteiger partial charge in [0.15, 0.2) is 0 Å². The second-order valence-corrected chi connectivity index (χ2v) is 5.28. The highest BCUT2D eigenvalue weighted by molar-refractivity contribution is 5.07. The lowest BCUT2D eigenvalue weighted by Gasteiger charge is -2.37. The van der Waals surface area contributed by atoms with Crippen LogP contribution in [0.4, 0.5) is 0 Å². The van der Waals surface area contributed by atoms with Gasteiger partial charge in [0, 0.05) is 11.1 Å². The summed E-state index contributed by atoms with van der Waals surface area (Å²) in [4.78, 5) is 0. The van der Waals surface area contributed by atoms with Crippen molar-refractivity contribution in [1.82, 2.24) is 5.32 Å². The number of unbranched alkanes of at least 4 members (excludes halogenated alkanes) is 2. The van der Waals surface area contributed by atoms with Crippen molar-refractivity contribution in [3.05, 3.63) is 12.3 Å². The molecular weight excluding hydrogens is 196 g/mol. The molecule has 94 valence electrons. The van der Waals surface area contributed by atoms with Crippen LogP contribution >= 0.6 is 0 Å². The van der Waals surface area contributed by atoms with Gasteiger partial charge in [-0.2, -0.15) is 0 Å². The first kappa shape index (κ1) is 13.6. The molecule has 0 amide bonds. The van der Waals surface area contributed by atoms with E-state index in [2.05, 4.69) is 11.9 Å². The van der Waals surface area contributed by atoms with Crippen LogP contribution in [0.1, 0.15) is 57.8 Å². The Bertz CT molecular complexity index is 205. The van der Waals surface area contributed by atoms with E-state index in [4.69, 9.17) is 5.73 Å². The van der Waals surface area contributed by atoms with Crippen LogP contribution in [-0.2, 0) is 0 Å². The van der Waals surface area contributed by atoms with E-state index >= 15 is 0 Å². The first-order valence-electron chi connectivity index (χ1n) is 6.81. The van der Waals surface area contributed by atoms with Crippen molar-refractivity contribution in [3.8, 4) is 0 Å². The third-order valence-corrected chi connectivity index (χ3v) is 4.07. The van der Waals surface area contributed by atoms with Crippen LogP contribution < -0.4 is 11.1 Å². The van der Waals surface area contributed by atoms with E-state index in [0.29, 0.717) is 0 Å². The molecule has 1 saturated carbocycles. The van der Waals surface area contributed by atoms with Gasteiger partial charge in [0.2, 0.25) is 0 Å². The maximum absolute atomic E-state index is 6.04. The molecular formula is C14H28N2. The highest BCUT2D eigenvalue weighted by Gasteiger charge is 2.32. The summed E-state index contributed by atoms with van der Waals surface area (Å²) in [5, 5.41) is 3.20. The number of nitrogens with two attached hydrogens (primary N) is 1. The van der Waals surface area contributed by atoms with Crippen molar-refractivity contribution in [2.45, 2.75) is 57.8 Å². The van der Waals surface area contributed by atoms with Crippen molar-refractivity contribution in [1.29, 1.82) is 0 Å². The number of rotatable bonds is 7. The van der Waals surface area contributed by atoms with Crippen molar-refractivity contribution in [2.24, 2.45) is 11.1 Å². The number of allylic oxidation sites excluding steroid dienone is 1. The molecule has 1 fully saturated rings. The van der Waals surface area contributed by atoms with Crippen molar-refractivity contribution >= 4 is 0 Å². The van der Waals surface area contributed by atoms with Crippen LogP contribution in [0.25, 0.3) is 0 Å². The molecule has 0 bridgehead atoms. The SMILES string of the molecule is C=C(N)C1(CCCCCNC)CCCCC1. The molecule has 2 heteroatoms. The van der Waals surface area contributed by atoms with E-state index in [1.807, 2.05) is 7.05 Å². The fourth-order valence-corrected chi connectivity index (χ4v) is 2.90. The summed E-state index contributed by atoms with van der Waals surface area (Å²) in [7, 11) is 2.02. The van der Waals surface area contributed by atoms with Crippen LogP contribution in [-0.4, -0.2) is 13.6 Å². The zero-order valence-electron chi connectivity index (χ0n) is 10.9. The zero-order valence-corrected chi connectivity index (χ0v) is 10.9. The Labute approximate surface area is 101 Å². The smallest absolute Gasteiger partial charge is 0.00926 e. The minimum atomic E-state index is 0.290. The van der Waals surface area contributed by atoms with Crippen molar-refractivity contribution < 1.29 is 0 Å². The van der Waals surface area contributed by atoms with Crippen LogP contribution in [0.15, 0.2) is 12.3 Å². The lowest BCUT2D eigenvalue weighted by Crippen LogP contribution is -2.30. The lowest BCUT2D eigenvalue weighted by atomic mass is 9.69. The van der Waals surface area contributed by atoms with Crippen molar-refractivity contribution in [2.75, 3.05) is 13.6 Å². The normalized spacial score (nSPS) is 19.6. The fraction of sp³-hybridized carbons (Fsp3) is 0.857. The number of nitrogens with one attached hydrogen (secondary N) is 1. The first-order chi connectivity index (χ1) is 7.71. The van der Waals surface area contributed by atoms with E-state index in [1.54, 1.807) is 0 Å². The van der Waals surface area contributed by atoms with E-state index in [9.17, 15) is 0 Å². The highest BCUT2D eigenvalue weighted by atomic mass is 14.8. The summed E-state index contributed by atoms with van der Waals surface area (Å²) in [5.41, 5.74) is 7.27. The molecule has 1 rings (SSSR count). The van der Waals surface area contributed by atoms with Gasteiger partial charge in [-0.25, -0.2) is 0 Å². The van der Waals surface area contributed by atoms with E-state index in [1.165, 1.54) is 57.8 Å². The summed E-state index contributed by atoms with van der Waals surface area (Å²) < 4.78 is 0. The maximum Gasteiger partial charge on any atom is 0.00926 e. The van der Waals surface area contributed by atoms with Crippen LogP contribution in [0.2, 0.25) is 0 Å². The lowest BCUT2D eigenvalue weighted by molar-refractivity contribution is 0.213. The minimum absolute atomic E-state index is 0.290. The van der Waals surface area contributed by atoms with Gasteiger partial charge in [0.1, 0.15) is 0 Å². The molecule has 3 N–H and O–H groups in total. The van der Waals surface area contributed by atoms with Gasteiger partial charge in [0.05, 0.1) is 0 Å². The van der Waals surface area contributed by atoms with E-state index < -0.39 is 0 Å². The summed E-state index contributed by atoms with van der Waals surface area (Å²) in [6, 6.07) is 0. The Hall–Kier alpha value is -0.500. The molecule has 0 atom stereocenters. The molecule has 0 aromatic rings. The van der Waals surface area contributed by atoms with Crippen LogP contribution in [0, 0.1) is 5.41 Å². The van der Waals surface area contributed by atoms with Gasteiger partial charge in [-0.15, -0.1) is 0 Å². The molecule has 2 nitrogen and oxygen atoms in total. The largest absolute Gasteiger partial charge is 0.402 e. The van der Waals surface area contributed by atoms with Gasteiger partial charge in [0.25, 0.3) is 0 Å².